The largest absolute Gasteiger partial charge is 0.384 e. The Morgan fingerprint density at radius 3 is 2.80 bits per heavy atom. The van der Waals surface area contributed by atoms with E-state index < -0.39 is 0 Å². The predicted octanol–water partition coefficient (Wildman–Crippen LogP) is 1.54. The van der Waals surface area contributed by atoms with E-state index in [1.54, 1.807) is 30.6 Å². The smallest absolute Gasteiger partial charge is 0.169 e. The molecule has 4 nitrogen and oxygen atoms in total. The highest BCUT2D eigenvalue weighted by Crippen LogP contribution is 2.21. The molecule has 15 heavy (non-hydrogen) atoms. The van der Waals surface area contributed by atoms with Crippen LogP contribution in [-0.4, -0.2) is 16.3 Å². The quantitative estimate of drug-likeness (QED) is 0.745. The van der Waals surface area contributed by atoms with Crippen molar-refractivity contribution in [1.82, 2.24) is 9.97 Å². The minimum absolute atomic E-state index is 0.336. The normalized spacial score (nSPS) is 9.87. The number of hydrogen-bond donors (Lipinski definition) is 1. The Kier molecular flexibility index (Phi) is 2.41. The van der Waals surface area contributed by atoms with Crippen LogP contribution in [-0.2, 0) is 0 Å². The Hall–Kier alpha value is -2.23. The summed E-state index contributed by atoms with van der Waals surface area (Å²) in [5.41, 5.74) is 7.43. The third kappa shape index (κ3) is 1.83. The fourth-order valence-corrected chi connectivity index (χ4v) is 1.35. The third-order valence-corrected chi connectivity index (χ3v) is 2.03. The fraction of sp³-hybridized carbons (Fsp3) is 0. The molecule has 0 radical (unpaired) electrons. The van der Waals surface area contributed by atoms with Gasteiger partial charge in [-0.3, -0.25) is 9.78 Å². The molecule has 0 unspecified atom stereocenters. The second kappa shape index (κ2) is 3.88. The number of nitrogen functional groups attached to an aromatic ring is 1. The Morgan fingerprint density at radius 1 is 1.27 bits per heavy atom. The molecule has 0 bridgehead atoms. The first kappa shape index (κ1) is 9.33. The summed E-state index contributed by atoms with van der Waals surface area (Å²) in [4.78, 5) is 18.7. The lowest BCUT2D eigenvalue weighted by molar-refractivity contribution is 0.112. The summed E-state index contributed by atoms with van der Waals surface area (Å²) in [7, 11) is 0. The van der Waals surface area contributed by atoms with Crippen LogP contribution in [0.5, 0.6) is 0 Å². The van der Waals surface area contributed by atoms with Gasteiger partial charge in [-0.2, -0.15) is 0 Å². The van der Waals surface area contributed by atoms with Crippen LogP contribution in [0, 0.1) is 0 Å². The molecular weight excluding hydrogens is 190 g/mol. The van der Waals surface area contributed by atoms with Crippen LogP contribution < -0.4 is 5.73 Å². The lowest BCUT2D eigenvalue weighted by atomic mass is 10.1. The van der Waals surface area contributed by atoms with Gasteiger partial charge >= 0.3 is 0 Å². The first-order valence-corrected chi connectivity index (χ1v) is 4.43. The van der Waals surface area contributed by atoms with Crippen LogP contribution in [0.1, 0.15) is 10.5 Å². The standard InChI is InChI=1S/C11H9N3O/c12-11-4-3-9(10(7-15)14-11)8-2-1-5-13-6-8/h1-7H,(H2,12,14). The van der Waals surface area contributed by atoms with Crippen molar-refractivity contribution in [3.8, 4) is 11.1 Å². The van der Waals surface area contributed by atoms with Gasteiger partial charge in [0.15, 0.2) is 6.29 Å². The Labute approximate surface area is 86.8 Å². The van der Waals surface area contributed by atoms with Gasteiger partial charge in [0.05, 0.1) is 0 Å². The van der Waals surface area contributed by atoms with Gasteiger partial charge in [-0.15, -0.1) is 0 Å². The first-order valence-electron chi connectivity index (χ1n) is 4.43. The molecule has 2 rings (SSSR count). The number of hydrogen-bond acceptors (Lipinski definition) is 4. The molecule has 2 aromatic heterocycles. The zero-order valence-corrected chi connectivity index (χ0v) is 7.92. The van der Waals surface area contributed by atoms with Gasteiger partial charge < -0.3 is 5.73 Å². The molecule has 0 spiro atoms. The van der Waals surface area contributed by atoms with E-state index in [-0.39, 0.29) is 0 Å². The average molecular weight is 199 g/mol. The zero-order chi connectivity index (χ0) is 10.7. The minimum atomic E-state index is 0.336. The molecule has 4 heteroatoms. The molecule has 74 valence electrons. The fourth-order valence-electron chi connectivity index (χ4n) is 1.35. The van der Waals surface area contributed by atoms with Gasteiger partial charge in [-0.1, -0.05) is 6.07 Å². The Morgan fingerprint density at radius 2 is 2.13 bits per heavy atom. The molecule has 2 N–H and O–H groups in total. The number of carbonyl (C=O) groups is 1. The summed E-state index contributed by atoms with van der Waals surface area (Å²) in [6.45, 7) is 0. The third-order valence-electron chi connectivity index (χ3n) is 2.03. The van der Waals surface area contributed by atoms with Gasteiger partial charge in [0.2, 0.25) is 0 Å². The molecule has 0 aliphatic carbocycles. The van der Waals surface area contributed by atoms with Crippen LogP contribution in [0.2, 0.25) is 0 Å². The highest BCUT2D eigenvalue weighted by atomic mass is 16.1. The van der Waals surface area contributed by atoms with Crippen molar-refractivity contribution in [2.45, 2.75) is 0 Å². The van der Waals surface area contributed by atoms with E-state index >= 15 is 0 Å². The van der Waals surface area contributed by atoms with E-state index in [4.69, 9.17) is 5.73 Å². The van der Waals surface area contributed by atoms with Crippen molar-refractivity contribution in [3.05, 3.63) is 42.4 Å². The van der Waals surface area contributed by atoms with Crippen LogP contribution in [0.4, 0.5) is 5.82 Å². The van der Waals surface area contributed by atoms with Crippen molar-refractivity contribution in [2.75, 3.05) is 5.73 Å². The number of aromatic nitrogens is 2. The summed E-state index contributed by atoms with van der Waals surface area (Å²) < 4.78 is 0. The Balaban J connectivity index is 2.58. The lowest BCUT2D eigenvalue weighted by Crippen LogP contribution is -1.97. The number of nitrogens with zero attached hydrogens (tertiary/aromatic N) is 2. The second-order valence-electron chi connectivity index (χ2n) is 3.03. The summed E-state index contributed by atoms with van der Waals surface area (Å²) in [6, 6.07) is 7.10. The average Bonchev–Trinajstić information content (AvgIpc) is 2.30. The monoisotopic (exact) mass is 199 g/mol. The van der Waals surface area contributed by atoms with Gasteiger partial charge in [-0.25, -0.2) is 4.98 Å². The number of nitrogens with two attached hydrogens (primary N) is 1. The number of aldehydes is 1. The summed E-state index contributed by atoms with van der Waals surface area (Å²) >= 11 is 0. The summed E-state index contributed by atoms with van der Waals surface area (Å²) in [5, 5.41) is 0. The minimum Gasteiger partial charge on any atom is -0.384 e. The highest BCUT2D eigenvalue weighted by Gasteiger charge is 2.05. The maximum absolute atomic E-state index is 10.8. The molecule has 0 aromatic carbocycles. The van der Waals surface area contributed by atoms with Gasteiger partial charge in [0, 0.05) is 23.5 Å². The molecule has 0 aliphatic heterocycles. The van der Waals surface area contributed by atoms with Crippen molar-refractivity contribution < 1.29 is 4.79 Å². The van der Waals surface area contributed by atoms with Crippen LogP contribution >= 0.6 is 0 Å². The maximum atomic E-state index is 10.8. The number of carbonyl (C=O) groups excluding carboxylic acids is 1. The predicted molar refractivity (Wildman–Crippen MR) is 57.3 cm³/mol. The highest BCUT2D eigenvalue weighted by molar-refractivity contribution is 5.85. The molecule has 0 amide bonds. The van der Waals surface area contributed by atoms with Crippen molar-refractivity contribution >= 4 is 12.1 Å². The summed E-state index contributed by atoms with van der Waals surface area (Å²) in [6.07, 6.45) is 4.05. The van der Waals surface area contributed by atoms with Crippen molar-refractivity contribution in [1.29, 1.82) is 0 Å². The van der Waals surface area contributed by atoms with Crippen LogP contribution in [0.3, 0.4) is 0 Å². The molecule has 2 aromatic rings. The topological polar surface area (TPSA) is 68.9 Å². The molecule has 0 saturated heterocycles. The SMILES string of the molecule is Nc1ccc(-c2cccnc2)c(C=O)n1. The molecule has 0 aliphatic rings. The zero-order valence-electron chi connectivity index (χ0n) is 7.92. The summed E-state index contributed by atoms with van der Waals surface area (Å²) in [5.74, 6) is 0.338. The second-order valence-corrected chi connectivity index (χ2v) is 3.03. The molecule has 0 saturated carbocycles. The van der Waals surface area contributed by atoms with Crippen molar-refractivity contribution in [3.63, 3.8) is 0 Å². The van der Waals surface area contributed by atoms with Gasteiger partial charge in [-0.05, 0) is 18.2 Å². The molecule has 2 heterocycles. The van der Waals surface area contributed by atoms with E-state index in [1.165, 1.54) is 0 Å². The number of pyridine rings is 2. The molecule has 0 atom stereocenters. The van der Waals surface area contributed by atoms with E-state index in [9.17, 15) is 4.79 Å². The van der Waals surface area contributed by atoms with Crippen LogP contribution in [0.15, 0.2) is 36.7 Å². The lowest BCUT2D eigenvalue weighted by Gasteiger charge is -2.03. The first-order chi connectivity index (χ1) is 7.31. The van der Waals surface area contributed by atoms with Crippen LogP contribution in [0.25, 0.3) is 11.1 Å². The van der Waals surface area contributed by atoms with Gasteiger partial charge in [0.25, 0.3) is 0 Å². The maximum Gasteiger partial charge on any atom is 0.169 e. The number of rotatable bonds is 2. The van der Waals surface area contributed by atoms with Gasteiger partial charge in [0.1, 0.15) is 11.5 Å². The van der Waals surface area contributed by atoms with E-state index in [1.807, 2.05) is 6.07 Å². The Bertz CT molecular complexity index is 482. The van der Waals surface area contributed by atoms with E-state index in [0.29, 0.717) is 17.8 Å². The van der Waals surface area contributed by atoms with Crippen molar-refractivity contribution in [2.24, 2.45) is 0 Å². The molecular formula is C11H9N3O. The number of anilines is 1. The molecule has 0 fully saturated rings. The van der Waals surface area contributed by atoms with E-state index in [2.05, 4.69) is 9.97 Å². The van der Waals surface area contributed by atoms with E-state index in [0.717, 1.165) is 11.1 Å².